The second kappa shape index (κ2) is 28.7. The van der Waals surface area contributed by atoms with Crippen LogP contribution in [-0.2, 0) is 80.0 Å². The fourth-order valence-electron chi connectivity index (χ4n) is 13.1. The molecule has 15 heteroatoms. The van der Waals surface area contributed by atoms with E-state index in [0.29, 0.717) is 49.4 Å². The molecule has 0 spiro atoms. The minimum atomic E-state index is -0.975. The highest BCUT2D eigenvalue weighted by atomic mass is 16.5. The largest absolute Gasteiger partial charge is 0.480 e. The third kappa shape index (κ3) is 14.5. The lowest BCUT2D eigenvalue weighted by molar-refractivity contribution is -0.157. The van der Waals surface area contributed by atoms with Gasteiger partial charge in [-0.2, -0.15) is 0 Å². The van der Waals surface area contributed by atoms with E-state index in [2.05, 4.69) is 83.3 Å². The van der Waals surface area contributed by atoms with Crippen molar-refractivity contribution in [2.45, 2.75) is 82.5 Å². The zero-order valence-electron chi connectivity index (χ0n) is 50.1. The standard InChI is InChI=1S/C37H36BNO5.C27H24O3.C10H11BNO3/c1-38(42)39-33(20-25-10-4-3-5-11-25)36(41)44-34-32-15-9-8-14-30(32)24-37(34,31-21-28-12-6-7-13-29(28)22-31)23-26-16-18-27(19-17-26)35(40)43-2;1-30-26(29)19-12-10-18(11-13-19)16-27(17-22-8-4-5-9-24(22)25(27)28)23-14-20-6-2-3-7-21(20)15-23;13-7-11-12-9(10(14)15)6-8-4-2-1-3-5-8/h3-19,21,33-34,39,42H,20,22-24H2,1-2H3;2-14,25,28H,15-17H2,1H3;1-5,7,9,12H,6H2,(H,14,15)/t33-,34?,37?;;/m1../s1. The van der Waals surface area contributed by atoms with Crippen LogP contribution in [-0.4, -0.2) is 86.1 Å². The molecular formula is C74H71B2N2O11. The van der Waals surface area contributed by atoms with Crippen molar-refractivity contribution in [3.05, 3.63) is 295 Å². The van der Waals surface area contributed by atoms with Gasteiger partial charge in [0.1, 0.15) is 12.1 Å². The van der Waals surface area contributed by atoms with Gasteiger partial charge in [0.15, 0.2) is 0 Å². The van der Waals surface area contributed by atoms with Crippen molar-refractivity contribution in [1.82, 2.24) is 10.5 Å². The fourth-order valence-corrected chi connectivity index (χ4v) is 13.1. The van der Waals surface area contributed by atoms with E-state index in [1.54, 1.807) is 31.1 Å². The SMILES string of the molecule is COC(=O)c1ccc(CC2(C3=Cc4ccccc4C3)Cc3ccccc3C2O)cc1.COC(=O)c1ccc(CC2(C3=Cc4ccccc4C3)Cc3ccccc3C2OC(=O)[C@@H](Cc2ccccc2)NB(C)O)cc1.O=C[B]NC(Cc1ccccc1)C(=O)O. The number of benzene rings is 8. The zero-order chi connectivity index (χ0) is 62.5. The van der Waals surface area contributed by atoms with Crippen LogP contribution >= 0.6 is 0 Å². The van der Waals surface area contributed by atoms with Gasteiger partial charge < -0.3 is 44.7 Å². The van der Waals surface area contributed by atoms with Crippen LogP contribution in [0.4, 0.5) is 0 Å². The van der Waals surface area contributed by atoms with Crippen LogP contribution in [0.5, 0.6) is 0 Å². The molecular weight excluding hydrogens is 1110 g/mol. The molecule has 0 saturated carbocycles. The number of carbonyl (C=O) groups is 5. The average molecular weight is 1190 g/mol. The molecule has 5 N–H and O–H groups in total. The van der Waals surface area contributed by atoms with Crippen LogP contribution < -0.4 is 10.5 Å². The summed E-state index contributed by atoms with van der Waals surface area (Å²) in [7, 11) is 2.97. The van der Waals surface area contributed by atoms with Crippen molar-refractivity contribution < 1.29 is 53.4 Å². The van der Waals surface area contributed by atoms with E-state index in [1.165, 1.54) is 53.2 Å². The molecule has 4 aliphatic carbocycles. The molecule has 0 amide bonds. The molecule has 0 aliphatic heterocycles. The smallest absolute Gasteiger partial charge is 0.374 e. The summed E-state index contributed by atoms with van der Waals surface area (Å²) in [5.74, 6) is -2.09. The number of methoxy groups -OCH3 is 2. The Morgan fingerprint density at radius 3 is 1.46 bits per heavy atom. The van der Waals surface area contributed by atoms with Crippen molar-refractivity contribution in [2.75, 3.05) is 14.2 Å². The number of aliphatic hydroxyl groups is 1. The quantitative estimate of drug-likeness (QED) is 0.0209. The lowest BCUT2D eigenvalue weighted by atomic mass is 9.70. The number of carbonyl (C=O) groups excluding carboxylic acids is 4. The number of carboxylic acids is 1. The molecule has 0 aromatic heterocycles. The summed E-state index contributed by atoms with van der Waals surface area (Å²) < 4.78 is 16.4. The van der Waals surface area contributed by atoms with E-state index in [9.17, 15) is 34.1 Å². The Balaban J connectivity index is 0.000000166. The maximum atomic E-state index is 14.1. The Kier molecular flexibility index (Phi) is 20.3. The first-order chi connectivity index (χ1) is 43.2. The number of aliphatic hydroxyl groups excluding tert-OH is 1. The van der Waals surface area contributed by atoms with Gasteiger partial charge >= 0.3 is 30.9 Å². The van der Waals surface area contributed by atoms with Gasteiger partial charge in [0.2, 0.25) is 0 Å². The predicted molar refractivity (Wildman–Crippen MR) is 346 cm³/mol. The Morgan fingerprint density at radius 2 is 0.989 bits per heavy atom. The number of rotatable bonds is 20. The number of hydrogen-bond acceptors (Lipinski definition) is 12. The monoisotopic (exact) mass is 1190 g/mol. The lowest BCUT2D eigenvalue weighted by Crippen LogP contribution is -2.48. The van der Waals surface area contributed by atoms with E-state index in [4.69, 9.17) is 19.3 Å². The number of esters is 3. The van der Waals surface area contributed by atoms with Crippen LogP contribution in [0, 0.1) is 10.8 Å². The second-order valence-corrected chi connectivity index (χ2v) is 23.2. The maximum Gasteiger partial charge on any atom is 0.374 e. The van der Waals surface area contributed by atoms with E-state index in [0.717, 1.165) is 65.6 Å². The van der Waals surface area contributed by atoms with Crippen LogP contribution in [0.15, 0.2) is 217 Å². The molecule has 0 saturated heterocycles. The maximum absolute atomic E-state index is 14.1. The third-order valence-corrected chi connectivity index (χ3v) is 17.5. The first kappa shape index (κ1) is 62.8. The van der Waals surface area contributed by atoms with E-state index in [1.807, 2.05) is 121 Å². The third-order valence-electron chi connectivity index (χ3n) is 17.5. The van der Waals surface area contributed by atoms with Gasteiger partial charge in [-0.15, -0.1) is 0 Å². The van der Waals surface area contributed by atoms with E-state index >= 15 is 0 Å². The van der Waals surface area contributed by atoms with Crippen LogP contribution in [0.25, 0.3) is 12.2 Å². The molecule has 5 unspecified atom stereocenters. The van der Waals surface area contributed by atoms with Gasteiger partial charge in [0.05, 0.1) is 43.7 Å². The number of aliphatic carboxylic acids is 1. The Labute approximate surface area is 520 Å². The molecule has 449 valence electrons. The summed E-state index contributed by atoms with van der Waals surface area (Å²) in [6.07, 6.45) is 9.13. The van der Waals surface area contributed by atoms with Gasteiger partial charge in [-0.1, -0.05) is 205 Å². The molecule has 4 aliphatic rings. The summed E-state index contributed by atoms with van der Waals surface area (Å²) in [6, 6.07) is 65.9. The van der Waals surface area contributed by atoms with Crippen molar-refractivity contribution >= 4 is 56.7 Å². The molecule has 0 heterocycles. The second-order valence-electron chi connectivity index (χ2n) is 23.2. The predicted octanol–water partition coefficient (Wildman–Crippen LogP) is 10.8. The van der Waals surface area contributed by atoms with E-state index < -0.39 is 54.1 Å². The first-order valence-electron chi connectivity index (χ1n) is 29.9. The molecule has 8 aromatic rings. The van der Waals surface area contributed by atoms with Crippen LogP contribution in [0.3, 0.4) is 0 Å². The Morgan fingerprint density at radius 1 is 0.562 bits per heavy atom. The zero-order valence-corrected chi connectivity index (χ0v) is 50.1. The van der Waals surface area contributed by atoms with Crippen LogP contribution in [0.2, 0.25) is 6.82 Å². The first-order valence-corrected chi connectivity index (χ1v) is 29.9. The molecule has 0 fully saturated rings. The number of ether oxygens (including phenoxy) is 3. The van der Waals surface area contributed by atoms with Crippen LogP contribution in [0.1, 0.15) is 99.7 Å². The van der Waals surface area contributed by atoms with Crippen molar-refractivity contribution in [3.8, 4) is 0 Å². The number of carboxylic acid groups (broad SMARTS) is 1. The summed E-state index contributed by atoms with van der Waals surface area (Å²) >= 11 is 0. The summed E-state index contributed by atoms with van der Waals surface area (Å²) in [5.41, 5.74) is 16.0. The van der Waals surface area contributed by atoms with Gasteiger partial charge in [0, 0.05) is 10.8 Å². The highest BCUT2D eigenvalue weighted by Crippen LogP contribution is 2.58. The van der Waals surface area contributed by atoms with E-state index in [-0.39, 0.29) is 11.9 Å². The van der Waals surface area contributed by atoms with Crippen molar-refractivity contribution in [2.24, 2.45) is 10.8 Å². The highest BCUT2D eigenvalue weighted by molar-refractivity contribution is 6.64. The van der Waals surface area contributed by atoms with Crippen molar-refractivity contribution in [3.63, 3.8) is 0 Å². The topological polar surface area (TPSA) is 198 Å². The molecule has 1 radical (unpaired) electrons. The minimum absolute atomic E-state index is 0.335. The molecule has 6 atom stereocenters. The number of fused-ring (bicyclic) bond motifs is 4. The fraction of sp³-hybridized carbons (Fsp3) is 0.230. The minimum Gasteiger partial charge on any atom is -0.480 e. The molecule has 89 heavy (non-hydrogen) atoms. The van der Waals surface area contributed by atoms with Gasteiger partial charge in [-0.3, -0.25) is 9.59 Å². The highest BCUT2D eigenvalue weighted by Gasteiger charge is 2.52. The Bertz CT molecular complexity index is 3870. The summed E-state index contributed by atoms with van der Waals surface area (Å²) in [4.78, 5) is 58.9. The van der Waals surface area contributed by atoms with Gasteiger partial charge in [-0.05, 0) is 149 Å². The normalized spacial score (nSPS) is 18.7. The number of nitrogens with one attached hydrogen (secondary N) is 2. The Hall–Kier alpha value is -9.24. The number of hydrogen-bond donors (Lipinski definition) is 5. The summed E-state index contributed by atoms with van der Waals surface area (Å²) in [6.45, 7) is 1.61. The van der Waals surface area contributed by atoms with Gasteiger partial charge in [0.25, 0.3) is 7.41 Å². The molecule has 8 aromatic carbocycles. The summed E-state index contributed by atoms with van der Waals surface area (Å²) in [5, 5.41) is 36.2. The molecule has 12 rings (SSSR count). The molecule has 13 nitrogen and oxygen atoms in total. The lowest BCUT2D eigenvalue weighted by Gasteiger charge is -2.38. The average Bonchev–Trinajstić information content (AvgIpc) is 1.92. The van der Waals surface area contributed by atoms with Gasteiger partial charge in [-0.25, -0.2) is 9.59 Å². The molecule has 0 bridgehead atoms. The van der Waals surface area contributed by atoms with Crippen molar-refractivity contribution in [1.29, 1.82) is 0 Å².